The Morgan fingerprint density at radius 3 is 2.59 bits per heavy atom. The molecule has 1 amide bonds. The summed E-state index contributed by atoms with van der Waals surface area (Å²) in [4.78, 5) is 11.9. The second kappa shape index (κ2) is 7.61. The minimum absolute atomic E-state index is 0.0710. The molecule has 0 aliphatic carbocycles. The topological polar surface area (TPSA) is 64.3 Å². The highest BCUT2D eigenvalue weighted by Gasteiger charge is 2.12. The van der Waals surface area contributed by atoms with Crippen LogP contribution >= 0.6 is 0 Å². The lowest BCUT2D eigenvalue weighted by Crippen LogP contribution is -2.26. The van der Waals surface area contributed by atoms with Gasteiger partial charge in [0.2, 0.25) is 5.91 Å². The van der Waals surface area contributed by atoms with Crippen LogP contribution in [0.25, 0.3) is 0 Å². The Labute approximate surface area is 131 Å². The van der Waals surface area contributed by atoms with Crippen LogP contribution in [0.5, 0.6) is 5.75 Å². The summed E-state index contributed by atoms with van der Waals surface area (Å²) in [5, 5.41) is 2.90. The summed E-state index contributed by atoms with van der Waals surface area (Å²) in [6.07, 6.45) is 0.750. The van der Waals surface area contributed by atoms with E-state index in [1.54, 1.807) is 7.11 Å². The lowest BCUT2D eigenvalue weighted by molar-refractivity contribution is -0.119. The molecule has 4 nitrogen and oxygen atoms in total. The van der Waals surface area contributed by atoms with Gasteiger partial charge in [-0.3, -0.25) is 4.79 Å². The molecule has 2 aromatic rings. The molecule has 0 radical (unpaired) electrons. The number of hydrogen-bond donors (Lipinski definition) is 2. The van der Waals surface area contributed by atoms with Gasteiger partial charge in [-0.25, -0.2) is 0 Å². The second-order valence-corrected chi connectivity index (χ2v) is 5.32. The zero-order chi connectivity index (χ0) is 15.9. The number of methoxy groups -OCH3 is 1. The van der Waals surface area contributed by atoms with Crippen molar-refractivity contribution >= 4 is 11.6 Å². The number of anilines is 1. The van der Waals surface area contributed by atoms with E-state index in [2.05, 4.69) is 17.4 Å². The maximum atomic E-state index is 11.9. The number of amides is 1. The molecule has 2 rings (SSSR count). The van der Waals surface area contributed by atoms with Crippen LogP contribution in [0.1, 0.15) is 18.1 Å². The summed E-state index contributed by atoms with van der Waals surface area (Å²) in [6.45, 7) is 2.14. The number of carbonyl (C=O) groups excluding carboxylic acids is 1. The van der Waals surface area contributed by atoms with Crippen molar-refractivity contribution in [3.63, 3.8) is 0 Å². The molecule has 0 aromatic heterocycles. The van der Waals surface area contributed by atoms with Crippen molar-refractivity contribution in [2.24, 2.45) is 11.7 Å². The zero-order valence-electron chi connectivity index (χ0n) is 13.0. The van der Waals surface area contributed by atoms with Crippen LogP contribution in [0.2, 0.25) is 0 Å². The maximum Gasteiger partial charge on any atom is 0.228 e. The van der Waals surface area contributed by atoms with Gasteiger partial charge in [0, 0.05) is 30.1 Å². The lowest BCUT2D eigenvalue weighted by atomic mass is 10.0. The fourth-order valence-electron chi connectivity index (χ4n) is 2.18. The third kappa shape index (κ3) is 4.09. The SMILES string of the molecule is COc1ccc(NC(=O)C(C)CN)cc1Cc1ccccc1. The van der Waals surface area contributed by atoms with Gasteiger partial charge in [-0.15, -0.1) is 0 Å². The fraction of sp³-hybridized carbons (Fsp3) is 0.278. The number of carbonyl (C=O) groups is 1. The zero-order valence-corrected chi connectivity index (χ0v) is 13.0. The van der Waals surface area contributed by atoms with Crippen molar-refractivity contribution in [3.8, 4) is 5.75 Å². The molecule has 2 aromatic carbocycles. The van der Waals surface area contributed by atoms with Crippen molar-refractivity contribution < 1.29 is 9.53 Å². The van der Waals surface area contributed by atoms with Gasteiger partial charge in [0.25, 0.3) is 0 Å². The first-order valence-corrected chi connectivity index (χ1v) is 7.35. The van der Waals surface area contributed by atoms with Crippen molar-refractivity contribution in [1.29, 1.82) is 0 Å². The molecule has 0 bridgehead atoms. The predicted molar refractivity (Wildman–Crippen MR) is 89.1 cm³/mol. The summed E-state index contributed by atoms with van der Waals surface area (Å²) < 4.78 is 5.41. The first-order chi connectivity index (χ1) is 10.6. The van der Waals surface area contributed by atoms with Crippen molar-refractivity contribution in [3.05, 3.63) is 59.7 Å². The normalized spacial score (nSPS) is 11.8. The smallest absolute Gasteiger partial charge is 0.228 e. The second-order valence-electron chi connectivity index (χ2n) is 5.32. The Balaban J connectivity index is 2.21. The standard InChI is InChI=1S/C18H22N2O2/c1-13(12-19)18(21)20-16-8-9-17(22-2)15(11-16)10-14-6-4-3-5-7-14/h3-9,11,13H,10,12,19H2,1-2H3,(H,20,21). The van der Waals surface area contributed by atoms with Gasteiger partial charge >= 0.3 is 0 Å². The van der Waals surface area contributed by atoms with Crippen molar-refractivity contribution in [1.82, 2.24) is 0 Å². The van der Waals surface area contributed by atoms with Crippen molar-refractivity contribution in [2.75, 3.05) is 19.0 Å². The van der Waals surface area contributed by atoms with E-state index >= 15 is 0 Å². The molecule has 0 aliphatic heterocycles. The van der Waals surface area contributed by atoms with E-state index in [-0.39, 0.29) is 11.8 Å². The van der Waals surface area contributed by atoms with Crippen LogP contribution in [0.15, 0.2) is 48.5 Å². The van der Waals surface area contributed by atoms with Crippen LogP contribution < -0.4 is 15.8 Å². The summed E-state index contributed by atoms with van der Waals surface area (Å²) in [7, 11) is 1.65. The van der Waals surface area contributed by atoms with Crippen LogP contribution in [0.4, 0.5) is 5.69 Å². The monoisotopic (exact) mass is 298 g/mol. The molecule has 0 heterocycles. The van der Waals surface area contributed by atoms with Gasteiger partial charge in [-0.1, -0.05) is 37.3 Å². The van der Waals surface area contributed by atoms with Gasteiger partial charge in [-0.05, 0) is 23.8 Å². The molecule has 0 saturated carbocycles. The summed E-state index contributed by atoms with van der Waals surface area (Å²) in [6, 6.07) is 15.8. The number of benzene rings is 2. The van der Waals surface area contributed by atoms with Gasteiger partial charge in [0.1, 0.15) is 5.75 Å². The van der Waals surface area contributed by atoms with Crippen LogP contribution in [0, 0.1) is 5.92 Å². The van der Waals surface area contributed by atoms with Crippen LogP contribution in [-0.2, 0) is 11.2 Å². The maximum absolute atomic E-state index is 11.9. The molecular formula is C18H22N2O2. The van der Waals surface area contributed by atoms with E-state index < -0.39 is 0 Å². The number of hydrogen-bond acceptors (Lipinski definition) is 3. The molecule has 3 N–H and O–H groups in total. The van der Waals surface area contributed by atoms with Gasteiger partial charge in [0.05, 0.1) is 7.11 Å². The molecule has 1 atom stereocenters. The van der Waals surface area contributed by atoms with E-state index in [1.807, 2.05) is 43.3 Å². The van der Waals surface area contributed by atoms with E-state index in [0.717, 1.165) is 23.4 Å². The van der Waals surface area contributed by atoms with Crippen LogP contribution in [-0.4, -0.2) is 19.6 Å². The Hall–Kier alpha value is -2.33. The molecule has 116 valence electrons. The van der Waals surface area contributed by atoms with Crippen molar-refractivity contribution in [2.45, 2.75) is 13.3 Å². The highest BCUT2D eigenvalue weighted by atomic mass is 16.5. The first-order valence-electron chi connectivity index (χ1n) is 7.35. The van der Waals surface area contributed by atoms with E-state index in [4.69, 9.17) is 10.5 Å². The average Bonchev–Trinajstić information content (AvgIpc) is 2.55. The van der Waals surface area contributed by atoms with E-state index in [1.165, 1.54) is 5.56 Å². The molecule has 0 spiro atoms. The molecule has 22 heavy (non-hydrogen) atoms. The predicted octanol–water partition coefficient (Wildman–Crippen LogP) is 2.82. The largest absolute Gasteiger partial charge is 0.496 e. The summed E-state index contributed by atoms with van der Waals surface area (Å²) >= 11 is 0. The summed E-state index contributed by atoms with van der Waals surface area (Å²) in [5.74, 6) is 0.534. The first kappa shape index (κ1) is 16.0. The Morgan fingerprint density at radius 2 is 1.95 bits per heavy atom. The number of ether oxygens (including phenoxy) is 1. The minimum atomic E-state index is -0.209. The minimum Gasteiger partial charge on any atom is -0.496 e. The molecule has 1 unspecified atom stereocenters. The quantitative estimate of drug-likeness (QED) is 0.862. The Morgan fingerprint density at radius 1 is 1.23 bits per heavy atom. The Bertz CT molecular complexity index is 626. The van der Waals surface area contributed by atoms with E-state index in [9.17, 15) is 4.79 Å². The van der Waals surface area contributed by atoms with Crippen LogP contribution in [0.3, 0.4) is 0 Å². The third-order valence-electron chi connectivity index (χ3n) is 3.59. The molecular weight excluding hydrogens is 276 g/mol. The van der Waals surface area contributed by atoms with Gasteiger partial charge in [0.15, 0.2) is 0 Å². The molecule has 0 fully saturated rings. The van der Waals surface area contributed by atoms with Gasteiger partial charge in [-0.2, -0.15) is 0 Å². The highest BCUT2D eigenvalue weighted by molar-refractivity contribution is 5.92. The number of rotatable bonds is 6. The molecule has 0 aliphatic rings. The number of nitrogens with two attached hydrogens (primary N) is 1. The van der Waals surface area contributed by atoms with Gasteiger partial charge < -0.3 is 15.8 Å². The lowest BCUT2D eigenvalue weighted by Gasteiger charge is -2.13. The average molecular weight is 298 g/mol. The molecule has 0 saturated heterocycles. The molecule has 4 heteroatoms. The van der Waals surface area contributed by atoms with E-state index in [0.29, 0.717) is 6.54 Å². The summed E-state index contributed by atoms with van der Waals surface area (Å²) in [5.41, 5.74) is 8.51. The number of nitrogens with one attached hydrogen (secondary N) is 1. The highest BCUT2D eigenvalue weighted by Crippen LogP contribution is 2.25. The fourth-order valence-corrected chi connectivity index (χ4v) is 2.18. The third-order valence-corrected chi connectivity index (χ3v) is 3.59. The Kier molecular flexibility index (Phi) is 5.55.